The fourth-order valence-corrected chi connectivity index (χ4v) is 3.86. The van der Waals surface area contributed by atoms with Gasteiger partial charge in [0, 0.05) is 32.3 Å². The average molecular weight is 430 g/mol. The maximum Gasteiger partial charge on any atom is 0.339 e. The molecule has 3 aromatic rings. The maximum absolute atomic E-state index is 11.9. The van der Waals surface area contributed by atoms with Crippen LogP contribution in [0.25, 0.3) is 11.1 Å². The van der Waals surface area contributed by atoms with Crippen molar-refractivity contribution >= 4 is 17.7 Å². The number of ether oxygens (including phenoxy) is 1. The molecule has 1 aliphatic heterocycles. The molecular formula is C26H27N3O3. The first-order valence-electron chi connectivity index (χ1n) is 11.0. The number of amides is 1. The third-order valence-electron chi connectivity index (χ3n) is 5.56. The smallest absolute Gasteiger partial charge is 0.339 e. The SMILES string of the molecule is CCOC(=O)c1ccc(NCc2ccccc2-c2ccc(CN3CCCC3=O)cc2)nc1. The van der Waals surface area contributed by atoms with E-state index in [1.807, 2.05) is 17.0 Å². The van der Waals surface area contributed by atoms with E-state index in [2.05, 4.69) is 46.7 Å². The van der Waals surface area contributed by atoms with Crippen LogP contribution in [0.2, 0.25) is 0 Å². The molecule has 32 heavy (non-hydrogen) atoms. The summed E-state index contributed by atoms with van der Waals surface area (Å²) in [5.41, 5.74) is 5.00. The number of aromatic nitrogens is 1. The molecule has 0 spiro atoms. The molecule has 1 fully saturated rings. The van der Waals surface area contributed by atoms with Gasteiger partial charge in [-0.2, -0.15) is 0 Å². The second kappa shape index (κ2) is 10.1. The number of nitrogens with one attached hydrogen (secondary N) is 1. The number of nitrogens with zero attached hydrogens (tertiary/aromatic N) is 2. The molecule has 1 saturated heterocycles. The number of esters is 1. The largest absolute Gasteiger partial charge is 0.462 e. The molecule has 6 heteroatoms. The van der Waals surface area contributed by atoms with Crippen LogP contribution in [0.3, 0.4) is 0 Å². The minimum absolute atomic E-state index is 0.245. The van der Waals surface area contributed by atoms with E-state index in [0.29, 0.717) is 37.5 Å². The van der Waals surface area contributed by atoms with E-state index < -0.39 is 0 Å². The Morgan fingerprint density at radius 2 is 1.91 bits per heavy atom. The van der Waals surface area contributed by atoms with Gasteiger partial charge in [-0.3, -0.25) is 4.79 Å². The highest BCUT2D eigenvalue weighted by Gasteiger charge is 2.19. The summed E-state index contributed by atoms with van der Waals surface area (Å²) >= 11 is 0. The van der Waals surface area contributed by atoms with E-state index >= 15 is 0 Å². The van der Waals surface area contributed by atoms with Crippen LogP contribution < -0.4 is 5.32 Å². The number of anilines is 1. The highest BCUT2D eigenvalue weighted by molar-refractivity contribution is 5.89. The zero-order valence-corrected chi connectivity index (χ0v) is 18.2. The fraction of sp³-hybridized carbons (Fsp3) is 0.269. The van der Waals surface area contributed by atoms with Crippen molar-refractivity contribution in [1.29, 1.82) is 0 Å². The highest BCUT2D eigenvalue weighted by atomic mass is 16.5. The molecule has 4 rings (SSSR count). The van der Waals surface area contributed by atoms with Gasteiger partial charge in [0.2, 0.25) is 5.91 Å². The van der Waals surface area contributed by atoms with Gasteiger partial charge in [0.15, 0.2) is 0 Å². The van der Waals surface area contributed by atoms with Crippen LogP contribution in [-0.2, 0) is 22.6 Å². The van der Waals surface area contributed by atoms with Gasteiger partial charge in [-0.1, -0.05) is 48.5 Å². The molecule has 2 heterocycles. The molecule has 2 aromatic carbocycles. The lowest BCUT2D eigenvalue weighted by atomic mass is 9.98. The van der Waals surface area contributed by atoms with Crippen LogP contribution in [0, 0.1) is 0 Å². The topological polar surface area (TPSA) is 71.5 Å². The zero-order chi connectivity index (χ0) is 22.3. The van der Waals surface area contributed by atoms with Crippen molar-refractivity contribution in [2.45, 2.75) is 32.9 Å². The van der Waals surface area contributed by atoms with Crippen molar-refractivity contribution < 1.29 is 14.3 Å². The Kier molecular flexibility index (Phi) is 6.80. The summed E-state index contributed by atoms with van der Waals surface area (Å²) < 4.78 is 4.99. The number of hydrogen-bond acceptors (Lipinski definition) is 5. The van der Waals surface area contributed by atoms with Crippen molar-refractivity contribution in [3.8, 4) is 11.1 Å². The van der Waals surface area contributed by atoms with Gasteiger partial charge >= 0.3 is 5.97 Å². The van der Waals surface area contributed by atoms with E-state index in [4.69, 9.17) is 4.74 Å². The molecule has 0 radical (unpaired) electrons. The van der Waals surface area contributed by atoms with Crippen molar-refractivity contribution in [2.24, 2.45) is 0 Å². The van der Waals surface area contributed by atoms with Gasteiger partial charge in [0.05, 0.1) is 12.2 Å². The molecular weight excluding hydrogens is 402 g/mol. The maximum atomic E-state index is 11.9. The van der Waals surface area contributed by atoms with Gasteiger partial charge in [-0.15, -0.1) is 0 Å². The Balaban J connectivity index is 1.42. The van der Waals surface area contributed by atoms with Crippen molar-refractivity contribution in [3.05, 3.63) is 83.6 Å². The van der Waals surface area contributed by atoms with Crippen LogP contribution in [-0.4, -0.2) is 34.9 Å². The third kappa shape index (κ3) is 5.14. The molecule has 1 N–H and O–H groups in total. The molecule has 6 nitrogen and oxygen atoms in total. The number of likely N-dealkylation sites (tertiary alicyclic amines) is 1. The van der Waals surface area contributed by atoms with Gasteiger partial charge in [0.25, 0.3) is 0 Å². The summed E-state index contributed by atoms with van der Waals surface area (Å²) in [4.78, 5) is 29.9. The predicted octanol–water partition coefficient (Wildman–Crippen LogP) is 4.66. The Bertz CT molecular complexity index is 1080. The Hall–Kier alpha value is -3.67. The van der Waals surface area contributed by atoms with E-state index in [9.17, 15) is 9.59 Å². The number of carbonyl (C=O) groups is 2. The van der Waals surface area contributed by atoms with Crippen molar-refractivity contribution in [2.75, 3.05) is 18.5 Å². The molecule has 0 aliphatic carbocycles. The van der Waals surface area contributed by atoms with Gasteiger partial charge in [0.1, 0.15) is 5.82 Å². The number of carbonyl (C=O) groups excluding carboxylic acids is 2. The molecule has 1 aliphatic rings. The minimum Gasteiger partial charge on any atom is -0.462 e. The third-order valence-corrected chi connectivity index (χ3v) is 5.56. The number of pyridine rings is 1. The molecule has 1 aromatic heterocycles. The van der Waals surface area contributed by atoms with Crippen LogP contribution in [0.1, 0.15) is 41.3 Å². The van der Waals surface area contributed by atoms with E-state index in [-0.39, 0.29) is 11.9 Å². The van der Waals surface area contributed by atoms with Crippen LogP contribution in [0.4, 0.5) is 5.82 Å². The van der Waals surface area contributed by atoms with Crippen molar-refractivity contribution in [3.63, 3.8) is 0 Å². The van der Waals surface area contributed by atoms with Crippen molar-refractivity contribution in [1.82, 2.24) is 9.88 Å². The molecule has 0 atom stereocenters. The summed E-state index contributed by atoms with van der Waals surface area (Å²) in [5.74, 6) is 0.572. The van der Waals surface area contributed by atoms with Crippen LogP contribution >= 0.6 is 0 Å². The van der Waals surface area contributed by atoms with E-state index in [1.165, 1.54) is 6.20 Å². The standard InChI is InChI=1S/C26H27N3O3/c1-2-32-26(31)22-13-14-24(28-17-22)27-16-21-6-3-4-7-23(21)20-11-9-19(10-12-20)18-29-15-5-8-25(29)30/h3-4,6-7,9-14,17H,2,5,8,15-16,18H2,1H3,(H,27,28). The van der Waals surface area contributed by atoms with Crippen LogP contribution in [0.15, 0.2) is 66.9 Å². The second-order valence-electron chi connectivity index (χ2n) is 7.78. The summed E-state index contributed by atoms with van der Waals surface area (Å²) in [7, 11) is 0. The summed E-state index contributed by atoms with van der Waals surface area (Å²) in [6.07, 6.45) is 3.15. The Morgan fingerprint density at radius 3 is 2.59 bits per heavy atom. The lowest BCUT2D eigenvalue weighted by Crippen LogP contribution is -2.23. The monoisotopic (exact) mass is 429 g/mol. The minimum atomic E-state index is -0.366. The first-order chi connectivity index (χ1) is 15.6. The molecule has 164 valence electrons. The normalized spacial score (nSPS) is 13.3. The van der Waals surface area contributed by atoms with Crippen LogP contribution in [0.5, 0.6) is 0 Å². The summed E-state index contributed by atoms with van der Waals surface area (Å²) in [5, 5.41) is 3.33. The summed E-state index contributed by atoms with van der Waals surface area (Å²) in [6, 6.07) is 20.2. The number of benzene rings is 2. The van der Waals surface area contributed by atoms with Gasteiger partial charge in [-0.05, 0) is 47.7 Å². The molecule has 0 saturated carbocycles. The first kappa shape index (κ1) is 21.6. The zero-order valence-electron chi connectivity index (χ0n) is 18.2. The quantitative estimate of drug-likeness (QED) is 0.528. The lowest BCUT2D eigenvalue weighted by molar-refractivity contribution is -0.128. The highest BCUT2D eigenvalue weighted by Crippen LogP contribution is 2.25. The average Bonchev–Trinajstić information content (AvgIpc) is 3.23. The second-order valence-corrected chi connectivity index (χ2v) is 7.78. The van der Waals surface area contributed by atoms with Gasteiger partial charge in [-0.25, -0.2) is 9.78 Å². The number of hydrogen-bond donors (Lipinski definition) is 1. The fourth-order valence-electron chi connectivity index (χ4n) is 3.86. The molecule has 1 amide bonds. The molecule has 0 bridgehead atoms. The Morgan fingerprint density at radius 1 is 1.09 bits per heavy atom. The Labute approximate surface area is 188 Å². The van der Waals surface area contributed by atoms with Gasteiger partial charge < -0.3 is 15.0 Å². The lowest BCUT2D eigenvalue weighted by Gasteiger charge is -2.16. The van der Waals surface area contributed by atoms with E-state index in [0.717, 1.165) is 35.2 Å². The van der Waals surface area contributed by atoms with E-state index in [1.54, 1.807) is 19.1 Å². The number of rotatable bonds is 8. The molecule has 0 unspecified atom stereocenters. The summed E-state index contributed by atoms with van der Waals surface area (Å²) in [6.45, 7) is 4.25. The predicted molar refractivity (Wildman–Crippen MR) is 124 cm³/mol. The first-order valence-corrected chi connectivity index (χ1v) is 11.0.